The van der Waals surface area contributed by atoms with E-state index in [4.69, 9.17) is 13.9 Å². The van der Waals surface area contributed by atoms with Crippen molar-refractivity contribution in [2.75, 3.05) is 0 Å². The van der Waals surface area contributed by atoms with Crippen LogP contribution in [0.4, 0.5) is 5.69 Å². The summed E-state index contributed by atoms with van der Waals surface area (Å²) in [5.74, 6) is -1.09. The number of carbonyl (C=O) groups is 2. The molecule has 1 saturated heterocycles. The van der Waals surface area contributed by atoms with E-state index in [0.29, 0.717) is 22.5 Å². The van der Waals surface area contributed by atoms with Gasteiger partial charge in [-0.15, -0.1) is 0 Å². The van der Waals surface area contributed by atoms with Gasteiger partial charge < -0.3 is 13.9 Å². The van der Waals surface area contributed by atoms with Crippen molar-refractivity contribution >= 4 is 23.7 Å². The second kappa shape index (κ2) is 7.91. The van der Waals surface area contributed by atoms with Crippen LogP contribution in [-0.4, -0.2) is 16.9 Å². The molecule has 0 radical (unpaired) electrons. The van der Waals surface area contributed by atoms with E-state index in [1.807, 2.05) is 0 Å². The average Bonchev–Trinajstić information content (AvgIpc) is 3.21. The third-order valence-corrected chi connectivity index (χ3v) is 4.97. The van der Waals surface area contributed by atoms with Crippen LogP contribution < -0.4 is 0 Å². The van der Waals surface area contributed by atoms with Crippen molar-refractivity contribution < 1.29 is 28.4 Å². The maximum atomic E-state index is 12.4. The number of nitro benzene ring substituents is 1. The number of nitrogens with zero attached hydrogens (tertiary/aromatic N) is 1. The molecule has 0 spiro atoms. The summed E-state index contributed by atoms with van der Waals surface area (Å²) >= 11 is 0. The zero-order valence-corrected chi connectivity index (χ0v) is 16.7. The fourth-order valence-corrected chi connectivity index (χ4v) is 3.19. The lowest BCUT2D eigenvalue weighted by atomic mass is 10.0. The van der Waals surface area contributed by atoms with E-state index >= 15 is 0 Å². The summed E-state index contributed by atoms with van der Waals surface area (Å²) in [6, 6.07) is 15.0. The van der Waals surface area contributed by atoms with E-state index in [1.54, 1.807) is 62.4 Å². The molecule has 31 heavy (non-hydrogen) atoms. The molecule has 0 aliphatic carbocycles. The van der Waals surface area contributed by atoms with Crippen LogP contribution in [0.3, 0.4) is 0 Å². The van der Waals surface area contributed by atoms with Crippen LogP contribution in [0, 0.1) is 24.0 Å². The highest BCUT2D eigenvalue weighted by Crippen LogP contribution is 2.32. The molecule has 0 unspecified atom stereocenters. The Morgan fingerprint density at radius 2 is 1.65 bits per heavy atom. The van der Waals surface area contributed by atoms with Crippen molar-refractivity contribution in [3.8, 4) is 11.3 Å². The predicted octanol–water partition coefficient (Wildman–Crippen LogP) is 4.65. The summed E-state index contributed by atoms with van der Waals surface area (Å²) in [5.41, 5.74) is 2.05. The Morgan fingerprint density at radius 1 is 0.968 bits per heavy atom. The SMILES string of the molecule is Cc1cc(-c2ccc(C=C3C(=O)OC(c4ccccc4)OC3=O)o2)cc([N+](=O)[O-])c1C. The lowest BCUT2D eigenvalue weighted by Gasteiger charge is -2.23. The topological polar surface area (TPSA) is 109 Å². The molecule has 1 fully saturated rings. The minimum absolute atomic E-state index is 0.0160. The van der Waals surface area contributed by atoms with E-state index in [-0.39, 0.29) is 17.0 Å². The van der Waals surface area contributed by atoms with Crippen LogP contribution in [0.15, 0.2) is 64.6 Å². The molecule has 0 N–H and O–H groups in total. The van der Waals surface area contributed by atoms with E-state index in [0.717, 1.165) is 5.56 Å². The lowest BCUT2D eigenvalue weighted by molar-refractivity contribution is -0.385. The number of cyclic esters (lactones) is 2. The Bertz CT molecular complexity index is 1200. The summed E-state index contributed by atoms with van der Waals surface area (Å²) < 4.78 is 16.1. The van der Waals surface area contributed by atoms with Gasteiger partial charge in [-0.1, -0.05) is 30.3 Å². The number of esters is 2. The molecule has 1 aromatic heterocycles. The van der Waals surface area contributed by atoms with Gasteiger partial charge >= 0.3 is 11.9 Å². The summed E-state index contributed by atoms with van der Waals surface area (Å²) in [6.07, 6.45) is 0.117. The number of benzene rings is 2. The molecule has 8 nitrogen and oxygen atoms in total. The van der Waals surface area contributed by atoms with E-state index < -0.39 is 23.2 Å². The summed E-state index contributed by atoms with van der Waals surface area (Å²) in [4.78, 5) is 35.6. The van der Waals surface area contributed by atoms with Crippen molar-refractivity contribution in [3.63, 3.8) is 0 Å². The molecule has 1 aliphatic heterocycles. The first kappa shape index (κ1) is 20.1. The third kappa shape index (κ3) is 3.95. The molecule has 2 aromatic carbocycles. The third-order valence-electron chi connectivity index (χ3n) is 4.97. The maximum Gasteiger partial charge on any atom is 0.349 e. The van der Waals surface area contributed by atoms with Gasteiger partial charge in [-0.05, 0) is 37.6 Å². The van der Waals surface area contributed by atoms with Gasteiger partial charge in [0.1, 0.15) is 17.1 Å². The molecular weight excluding hydrogens is 402 g/mol. The van der Waals surface area contributed by atoms with Crippen LogP contribution in [0.1, 0.15) is 28.7 Å². The van der Waals surface area contributed by atoms with E-state index in [1.165, 1.54) is 12.1 Å². The van der Waals surface area contributed by atoms with Crippen molar-refractivity contribution in [1.82, 2.24) is 0 Å². The van der Waals surface area contributed by atoms with Crippen LogP contribution in [-0.2, 0) is 19.1 Å². The fraction of sp³-hybridized carbons (Fsp3) is 0.130. The minimum Gasteiger partial charge on any atom is -0.457 e. The van der Waals surface area contributed by atoms with Gasteiger partial charge in [0.15, 0.2) is 0 Å². The molecule has 0 atom stereocenters. The van der Waals surface area contributed by atoms with Crippen LogP contribution in [0.25, 0.3) is 17.4 Å². The van der Waals surface area contributed by atoms with Gasteiger partial charge in [-0.25, -0.2) is 9.59 Å². The Kier molecular flexibility index (Phi) is 5.12. The van der Waals surface area contributed by atoms with Gasteiger partial charge in [0.2, 0.25) is 0 Å². The quantitative estimate of drug-likeness (QED) is 0.199. The summed E-state index contributed by atoms with van der Waals surface area (Å²) in [6.45, 7) is 3.45. The molecule has 0 amide bonds. The number of ether oxygens (including phenoxy) is 2. The number of rotatable bonds is 4. The Hall–Kier alpha value is -4.20. The molecule has 3 aromatic rings. The molecule has 1 aliphatic rings. The maximum absolute atomic E-state index is 12.4. The zero-order valence-electron chi connectivity index (χ0n) is 16.7. The number of aryl methyl sites for hydroxylation is 1. The molecule has 0 saturated carbocycles. The summed E-state index contributed by atoms with van der Waals surface area (Å²) in [5, 5.41) is 11.3. The van der Waals surface area contributed by atoms with E-state index in [2.05, 4.69) is 0 Å². The van der Waals surface area contributed by atoms with Crippen molar-refractivity contribution in [2.45, 2.75) is 20.1 Å². The molecule has 4 rings (SSSR count). The first-order valence-electron chi connectivity index (χ1n) is 9.38. The Balaban J connectivity index is 1.60. The van der Waals surface area contributed by atoms with Gasteiger partial charge in [-0.2, -0.15) is 0 Å². The molecular formula is C23H17NO7. The highest BCUT2D eigenvalue weighted by molar-refractivity contribution is 6.18. The first-order valence-corrected chi connectivity index (χ1v) is 9.38. The minimum atomic E-state index is -1.11. The fourth-order valence-electron chi connectivity index (χ4n) is 3.19. The number of hydrogen-bond acceptors (Lipinski definition) is 7. The van der Waals surface area contributed by atoms with Gasteiger partial charge in [0.05, 0.1) is 4.92 Å². The first-order chi connectivity index (χ1) is 14.8. The standard InChI is InChI=1S/C23H17NO7/c1-13-10-16(11-19(14(13)2)24(27)28)20-9-8-17(29-20)12-18-21(25)30-23(31-22(18)26)15-6-4-3-5-7-15/h3-12,23H,1-2H3. The number of furan rings is 1. The number of hydrogen-bond donors (Lipinski definition) is 0. The van der Waals surface area contributed by atoms with Crippen molar-refractivity contribution in [3.05, 3.63) is 92.7 Å². The molecule has 2 heterocycles. The van der Waals surface area contributed by atoms with E-state index in [9.17, 15) is 19.7 Å². The van der Waals surface area contributed by atoms with Crippen molar-refractivity contribution in [2.24, 2.45) is 0 Å². The zero-order chi connectivity index (χ0) is 22.1. The monoisotopic (exact) mass is 419 g/mol. The smallest absolute Gasteiger partial charge is 0.349 e. The van der Waals surface area contributed by atoms with Gasteiger partial charge in [0.25, 0.3) is 12.0 Å². The second-order valence-corrected chi connectivity index (χ2v) is 7.01. The largest absolute Gasteiger partial charge is 0.457 e. The number of carbonyl (C=O) groups excluding carboxylic acids is 2. The molecule has 8 heteroatoms. The van der Waals surface area contributed by atoms with Gasteiger partial charge in [0, 0.05) is 28.8 Å². The normalized spacial score (nSPS) is 15.9. The van der Waals surface area contributed by atoms with Crippen LogP contribution in [0.5, 0.6) is 0 Å². The van der Waals surface area contributed by atoms with Gasteiger partial charge in [-0.3, -0.25) is 10.1 Å². The average molecular weight is 419 g/mol. The van der Waals surface area contributed by atoms with Crippen LogP contribution in [0.2, 0.25) is 0 Å². The highest BCUT2D eigenvalue weighted by atomic mass is 16.7. The molecule has 156 valence electrons. The highest BCUT2D eigenvalue weighted by Gasteiger charge is 2.34. The Labute approximate surface area is 176 Å². The van der Waals surface area contributed by atoms with Crippen molar-refractivity contribution in [1.29, 1.82) is 0 Å². The lowest BCUT2D eigenvalue weighted by Crippen LogP contribution is -2.29. The Morgan fingerprint density at radius 3 is 2.29 bits per heavy atom. The number of nitro groups is 1. The second-order valence-electron chi connectivity index (χ2n) is 7.01. The predicted molar refractivity (Wildman–Crippen MR) is 110 cm³/mol. The summed E-state index contributed by atoms with van der Waals surface area (Å²) in [7, 11) is 0. The van der Waals surface area contributed by atoms with Crippen LogP contribution >= 0.6 is 0 Å². The molecule has 0 bridgehead atoms.